The van der Waals surface area contributed by atoms with Gasteiger partial charge in [-0.15, -0.1) is 0 Å². The first kappa shape index (κ1) is 20.2. The van der Waals surface area contributed by atoms with Crippen LogP contribution < -0.4 is 0 Å². The largest absolute Gasteiger partial charge is 0.300 e. The van der Waals surface area contributed by atoms with Crippen LogP contribution in [0.4, 0.5) is 0 Å². The number of likely N-dealkylation sites (tertiary alicyclic amines) is 3. The first-order chi connectivity index (χ1) is 12.6. The maximum Gasteiger partial charge on any atom is 0.0351 e. The molecule has 4 aliphatic rings. The predicted molar refractivity (Wildman–Crippen MR) is 115 cm³/mol. The number of rotatable bonds is 2. The van der Waals surface area contributed by atoms with E-state index in [1.807, 2.05) is 0 Å². The van der Waals surface area contributed by atoms with E-state index in [0.29, 0.717) is 16.4 Å². The lowest BCUT2D eigenvalue weighted by molar-refractivity contribution is -0.119. The van der Waals surface area contributed by atoms with Crippen molar-refractivity contribution in [3.8, 4) is 0 Å². The second-order valence-corrected chi connectivity index (χ2v) is 12.5. The highest BCUT2D eigenvalue weighted by atomic mass is 15.4. The van der Waals surface area contributed by atoms with Crippen molar-refractivity contribution in [1.29, 1.82) is 0 Å². The molecule has 156 valence electrons. The molecule has 1 spiro atoms. The van der Waals surface area contributed by atoms with Crippen LogP contribution in [0.15, 0.2) is 0 Å². The highest BCUT2D eigenvalue weighted by Crippen LogP contribution is 2.47. The molecule has 1 saturated carbocycles. The molecule has 3 heteroatoms. The standard InChI is InChI=1S/C24H45N3/c1-22(2,3)19-9-13-25(14-10-19)20-7-11-24(12-8-20)17-26(18-24)21-15-27(16-21)23(4,5)6/h19-21H,7-18H2,1-6H3. The second-order valence-electron chi connectivity index (χ2n) is 12.5. The third kappa shape index (κ3) is 4.12. The molecule has 3 nitrogen and oxygen atoms in total. The fourth-order valence-electron chi connectivity index (χ4n) is 6.33. The summed E-state index contributed by atoms with van der Waals surface area (Å²) >= 11 is 0. The highest BCUT2D eigenvalue weighted by Gasteiger charge is 2.50. The van der Waals surface area contributed by atoms with Gasteiger partial charge in [-0.3, -0.25) is 9.80 Å². The average Bonchev–Trinajstić information content (AvgIpc) is 2.50. The number of piperidine rings is 1. The van der Waals surface area contributed by atoms with Crippen molar-refractivity contribution < 1.29 is 0 Å². The molecule has 3 saturated heterocycles. The van der Waals surface area contributed by atoms with Crippen molar-refractivity contribution in [2.45, 2.75) is 97.7 Å². The van der Waals surface area contributed by atoms with E-state index in [4.69, 9.17) is 0 Å². The van der Waals surface area contributed by atoms with Crippen molar-refractivity contribution in [3.63, 3.8) is 0 Å². The van der Waals surface area contributed by atoms with Crippen LogP contribution in [0, 0.1) is 16.7 Å². The summed E-state index contributed by atoms with van der Waals surface area (Å²) < 4.78 is 0. The fraction of sp³-hybridized carbons (Fsp3) is 1.00. The Labute approximate surface area is 168 Å². The molecule has 1 aliphatic carbocycles. The minimum atomic E-state index is 0.359. The lowest BCUT2D eigenvalue weighted by Crippen LogP contribution is -2.71. The predicted octanol–water partition coefficient (Wildman–Crippen LogP) is 4.47. The van der Waals surface area contributed by atoms with Crippen LogP contribution in [0.3, 0.4) is 0 Å². The molecule has 0 unspecified atom stereocenters. The second kappa shape index (κ2) is 6.99. The Kier molecular flexibility index (Phi) is 5.22. The van der Waals surface area contributed by atoms with E-state index in [9.17, 15) is 0 Å². The molecule has 27 heavy (non-hydrogen) atoms. The zero-order valence-corrected chi connectivity index (χ0v) is 19.1. The van der Waals surface area contributed by atoms with Crippen LogP contribution in [-0.4, -0.2) is 71.6 Å². The highest BCUT2D eigenvalue weighted by molar-refractivity contribution is 5.05. The maximum atomic E-state index is 2.86. The Bertz CT molecular complexity index is 499. The average molecular weight is 376 g/mol. The molecule has 0 bridgehead atoms. The summed E-state index contributed by atoms with van der Waals surface area (Å²) in [5, 5.41) is 0. The lowest BCUT2D eigenvalue weighted by atomic mass is 9.66. The van der Waals surface area contributed by atoms with Gasteiger partial charge in [0.2, 0.25) is 0 Å². The van der Waals surface area contributed by atoms with E-state index in [2.05, 4.69) is 56.2 Å². The Morgan fingerprint density at radius 1 is 0.704 bits per heavy atom. The van der Waals surface area contributed by atoms with Gasteiger partial charge in [-0.25, -0.2) is 0 Å². The van der Waals surface area contributed by atoms with Crippen LogP contribution in [0.1, 0.15) is 80.1 Å². The number of hydrogen-bond donors (Lipinski definition) is 0. The van der Waals surface area contributed by atoms with Crippen molar-refractivity contribution in [3.05, 3.63) is 0 Å². The summed E-state index contributed by atoms with van der Waals surface area (Å²) in [4.78, 5) is 8.30. The topological polar surface area (TPSA) is 9.72 Å². The van der Waals surface area contributed by atoms with Crippen LogP contribution in [-0.2, 0) is 0 Å². The Morgan fingerprint density at radius 3 is 1.74 bits per heavy atom. The van der Waals surface area contributed by atoms with Crippen LogP contribution in [0.2, 0.25) is 0 Å². The van der Waals surface area contributed by atoms with E-state index < -0.39 is 0 Å². The summed E-state index contributed by atoms with van der Waals surface area (Å²) in [6.45, 7) is 22.5. The van der Waals surface area contributed by atoms with E-state index in [-0.39, 0.29) is 0 Å². The number of hydrogen-bond acceptors (Lipinski definition) is 3. The zero-order valence-electron chi connectivity index (χ0n) is 19.1. The molecule has 4 rings (SSSR count). The van der Waals surface area contributed by atoms with Crippen molar-refractivity contribution in [2.24, 2.45) is 16.7 Å². The normalized spacial score (nSPS) is 30.4. The summed E-state index contributed by atoms with van der Waals surface area (Å²) in [7, 11) is 0. The van der Waals surface area contributed by atoms with E-state index in [1.165, 1.54) is 77.8 Å². The van der Waals surface area contributed by atoms with Gasteiger partial charge >= 0.3 is 0 Å². The third-order valence-electron chi connectivity index (χ3n) is 8.69. The molecule has 3 heterocycles. The van der Waals surface area contributed by atoms with Crippen LogP contribution in [0.25, 0.3) is 0 Å². The van der Waals surface area contributed by atoms with Gasteiger partial charge in [-0.2, -0.15) is 0 Å². The first-order valence-corrected chi connectivity index (χ1v) is 11.8. The Hall–Kier alpha value is -0.120. The minimum absolute atomic E-state index is 0.359. The summed E-state index contributed by atoms with van der Waals surface area (Å²) in [5.74, 6) is 0.930. The third-order valence-corrected chi connectivity index (χ3v) is 8.69. The summed E-state index contributed by atoms with van der Waals surface area (Å²) in [6.07, 6.45) is 8.75. The molecule has 4 fully saturated rings. The minimum Gasteiger partial charge on any atom is -0.300 e. The van der Waals surface area contributed by atoms with Gasteiger partial charge in [0, 0.05) is 43.8 Å². The molecule has 0 aromatic rings. The summed E-state index contributed by atoms with van der Waals surface area (Å²) in [6, 6.07) is 1.75. The van der Waals surface area contributed by atoms with E-state index >= 15 is 0 Å². The van der Waals surface area contributed by atoms with Crippen molar-refractivity contribution in [1.82, 2.24) is 14.7 Å². The molecular formula is C24H45N3. The molecule has 0 aromatic heterocycles. The molecule has 0 radical (unpaired) electrons. The van der Waals surface area contributed by atoms with Crippen LogP contribution >= 0.6 is 0 Å². The lowest BCUT2D eigenvalue weighted by Gasteiger charge is -2.61. The van der Waals surface area contributed by atoms with Crippen molar-refractivity contribution >= 4 is 0 Å². The molecule has 0 N–H and O–H groups in total. The van der Waals surface area contributed by atoms with Gasteiger partial charge in [0.1, 0.15) is 0 Å². The summed E-state index contributed by atoms with van der Waals surface area (Å²) in [5.41, 5.74) is 1.56. The SMILES string of the molecule is CC(C)(C)C1CCN(C2CCC3(CC2)CN(C2CN(C(C)(C)C)C2)C3)CC1. The van der Waals surface area contributed by atoms with Gasteiger partial charge in [0.15, 0.2) is 0 Å². The van der Waals surface area contributed by atoms with E-state index in [0.717, 1.165) is 18.0 Å². The monoisotopic (exact) mass is 375 g/mol. The van der Waals surface area contributed by atoms with Gasteiger partial charge in [-0.1, -0.05) is 20.8 Å². The van der Waals surface area contributed by atoms with Gasteiger partial charge in [-0.05, 0) is 89.1 Å². The van der Waals surface area contributed by atoms with Gasteiger partial charge in [0.05, 0.1) is 0 Å². The van der Waals surface area contributed by atoms with Crippen LogP contribution in [0.5, 0.6) is 0 Å². The molecule has 3 aliphatic heterocycles. The van der Waals surface area contributed by atoms with Gasteiger partial charge < -0.3 is 4.90 Å². The first-order valence-electron chi connectivity index (χ1n) is 11.8. The fourth-order valence-corrected chi connectivity index (χ4v) is 6.33. The Balaban J connectivity index is 1.18. The smallest absolute Gasteiger partial charge is 0.0351 e. The zero-order chi connectivity index (χ0) is 19.4. The molecule has 0 atom stereocenters. The van der Waals surface area contributed by atoms with Crippen molar-refractivity contribution in [2.75, 3.05) is 39.3 Å². The Morgan fingerprint density at radius 2 is 1.26 bits per heavy atom. The van der Waals surface area contributed by atoms with Gasteiger partial charge in [0.25, 0.3) is 0 Å². The quantitative estimate of drug-likeness (QED) is 0.705. The maximum absolute atomic E-state index is 2.86. The molecule has 0 amide bonds. The van der Waals surface area contributed by atoms with E-state index in [1.54, 1.807) is 0 Å². The number of nitrogens with zero attached hydrogens (tertiary/aromatic N) is 3. The molecular weight excluding hydrogens is 330 g/mol. The molecule has 0 aromatic carbocycles.